The summed E-state index contributed by atoms with van der Waals surface area (Å²) in [6, 6.07) is 15.5. The third-order valence-electron chi connectivity index (χ3n) is 3.60. The third kappa shape index (κ3) is 3.60. The smallest absolute Gasteiger partial charge is 0.123 e. The van der Waals surface area contributed by atoms with Gasteiger partial charge in [-0.3, -0.25) is 0 Å². The number of hydrogen-bond acceptors (Lipinski definition) is 1. The van der Waals surface area contributed by atoms with Crippen LogP contribution in [0, 0.1) is 5.82 Å². The van der Waals surface area contributed by atoms with Crippen molar-refractivity contribution in [1.82, 2.24) is 0 Å². The van der Waals surface area contributed by atoms with Gasteiger partial charge in [0.25, 0.3) is 0 Å². The Kier molecular flexibility index (Phi) is 4.78. The zero-order chi connectivity index (χ0) is 14.5. The van der Waals surface area contributed by atoms with E-state index in [0.717, 1.165) is 17.7 Å². The average molecular weight is 271 g/mol. The predicted molar refractivity (Wildman–Crippen MR) is 83.6 cm³/mol. The van der Waals surface area contributed by atoms with E-state index in [2.05, 4.69) is 50.4 Å². The van der Waals surface area contributed by atoms with Gasteiger partial charge in [0.1, 0.15) is 5.82 Å². The van der Waals surface area contributed by atoms with Crippen LogP contribution in [-0.4, -0.2) is 0 Å². The van der Waals surface area contributed by atoms with Gasteiger partial charge in [-0.25, -0.2) is 4.39 Å². The fourth-order valence-electron chi connectivity index (χ4n) is 2.28. The first kappa shape index (κ1) is 14.6. The molecule has 0 aliphatic carbocycles. The summed E-state index contributed by atoms with van der Waals surface area (Å²) in [6.07, 6.45) is 0.956. The summed E-state index contributed by atoms with van der Waals surface area (Å²) in [5.74, 6) is 0.355. The van der Waals surface area contributed by atoms with E-state index >= 15 is 0 Å². The maximum absolute atomic E-state index is 13.0. The van der Waals surface area contributed by atoms with Crippen LogP contribution < -0.4 is 5.32 Å². The van der Waals surface area contributed by atoms with Crippen LogP contribution in [0.5, 0.6) is 0 Å². The van der Waals surface area contributed by atoms with Crippen molar-refractivity contribution in [3.05, 3.63) is 65.5 Å². The molecule has 0 spiro atoms. The standard InChI is InChI=1S/C18H22FN/c1-4-18(15-5-9-16(19)10-6-15)20-17-11-7-14(8-12-17)13(2)3/h5-13,18,20H,4H2,1-3H3. The van der Waals surface area contributed by atoms with E-state index < -0.39 is 0 Å². The predicted octanol–water partition coefficient (Wildman–Crippen LogP) is 5.51. The quantitative estimate of drug-likeness (QED) is 0.755. The van der Waals surface area contributed by atoms with Crippen molar-refractivity contribution in [2.45, 2.75) is 39.2 Å². The summed E-state index contributed by atoms with van der Waals surface area (Å²) < 4.78 is 13.0. The Labute approximate surface area is 120 Å². The van der Waals surface area contributed by atoms with Crippen molar-refractivity contribution in [2.75, 3.05) is 5.32 Å². The fraction of sp³-hybridized carbons (Fsp3) is 0.333. The molecule has 0 radical (unpaired) electrons. The Morgan fingerprint density at radius 2 is 1.45 bits per heavy atom. The molecule has 1 nitrogen and oxygen atoms in total. The van der Waals surface area contributed by atoms with Gasteiger partial charge in [-0.1, -0.05) is 45.0 Å². The van der Waals surface area contributed by atoms with E-state index in [1.807, 2.05) is 12.1 Å². The van der Waals surface area contributed by atoms with Crippen LogP contribution in [0.2, 0.25) is 0 Å². The number of nitrogens with one attached hydrogen (secondary N) is 1. The maximum Gasteiger partial charge on any atom is 0.123 e. The first-order valence-electron chi connectivity index (χ1n) is 7.22. The zero-order valence-corrected chi connectivity index (χ0v) is 12.4. The molecule has 0 aliphatic heterocycles. The summed E-state index contributed by atoms with van der Waals surface area (Å²) >= 11 is 0. The Morgan fingerprint density at radius 1 is 0.900 bits per heavy atom. The first-order chi connectivity index (χ1) is 9.60. The van der Waals surface area contributed by atoms with Gasteiger partial charge in [-0.15, -0.1) is 0 Å². The number of hydrogen-bond donors (Lipinski definition) is 1. The molecule has 2 rings (SSSR count). The highest BCUT2D eigenvalue weighted by Gasteiger charge is 2.09. The zero-order valence-electron chi connectivity index (χ0n) is 12.4. The molecule has 1 atom stereocenters. The molecule has 106 valence electrons. The second-order valence-corrected chi connectivity index (χ2v) is 5.43. The molecule has 0 bridgehead atoms. The van der Waals surface area contributed by atoms with Gasteiger partial charge < -0.3 is 5.32 Å². The van der Waals surface area contributed by atoms with E-state index in [4.69, 9.17) is 0 Å². The molecular weight excluding hydrogens is 249 g/mol. The molecule has 1 N–H and O–H groups in total. The normalized spacial score (nSPS) is 12.4. The van der Waals surface area contributed by atoms with Crippen molar-refractivity contribution in [1.29, 1.82) is 0 Å². The highest BCUT2D eigenvalue weighted by Crippen LogP contribution is 2.24. The van der Waals surface area contributed by atoms with E-state index in [0.29, 0.717) is 5.92 Å². The molecule has 20 heavy (non-hydrogen) atoms. The highest BCUT2D eigenvalue weighted by molar-refractivity contribution is 5.47. The van der Waals surface area contributed by atoms with Crippen LogP contribution in [-0.2, 0) is 0 Å². The van der Waals surface area contributed by atoms with Crippen molar-refractivity contribution < 1.29 is 4.39 Å². The van der Waals surface area contributed by atoms with Crippen LogP contribution in [0.3, 0.4) is 0 Å². The van der Waals surface area contributed by atoms with Gasteiger partial charge in [0.05, 0.1) is 6.04 Å². The molecule has 1 unspecified atom stereocenters. The lowest BCUT2D eigenvalue weighted by atomic mass is 10.0. The second kappa shape index (κ2) is 6.56. The molecule has 2 aromatic rings. The minimum Gasteiger partial charge on any atom is -0.378 e. The van der Waals surface area contributed by atoms with Crippen LogP contribution in [0.1, 0.15) is 50.3 Å². The Balaban J connectivity index is 2.11. The Hall–Kier alpha value is -1.83. The van der Waals surface area contributed by atoms with Gasteiger partial charge in [-0.05, 0) is 47.7 Å². The van der Waals surface area contributed by atoms with E-state index in [1.165, 1.54) is 17.7 Å². The van der Waals surface area contributed by atoms with Gasteiger partial charge in [-0.2, -0.15) is 0 Å². The lowest BCUT2D eigenvalue weighted by Gasteiger charge is -2.19. The van der Waals surface area contributed by atoms with Crippen LogP contribution in [0.25, 0.3) is 0 Å². The molecule has 0 aliphatic rings. The maximum atomic E-state index is 13.0. The topological polar surface area (TPSA) is 12.0 Å². The number of rotatable bonds is 5. The minimum absolute atomic E-state index is 0.190. The highest BCUT2D eigenvalue weighted by atomic mass is 19.1. The molecule has 0 amide bonds. The largest absolute Gasteiger partial charge is 0.378 e. The minimum atomic E-state index is -0.190. The van der Waals surface area contributed by atoms with E-state index in [1.54, 1.807) is 0 Å². The van der Waals surface area contributed by atoms with Gasteiger partial charge in [0, 0.05) is 5.69 Å². The molecule has 0 aromatic heterocycles. The molecule has 0 fully saturated rings. The third-order valence-corrected chi connectivity index (χ3v) is 3.60. The lowest BCUT2D eigenvalue weighted by Crippen LogP contribution is -2.09. The summed E-state index contributed by atoms with van der Waals surface area (Å²) in [4.78, 5) is 0. The van der Waals surface area contributed by atoms with Crippen molar-refractivity contribution in [3.8, 4) is 0 Å². The van der Waals surface area contributed by atoms with Crippen molar-refractivity contribution >= 4 is 5.69 Å². The SMILES string of the molecule is CCC(Nc1ccc(C(C)C)cc1)c1ccc(F)cc1. The molecule has 0 saturated carbocycles. The molecule has 0 heterocycles. The monoisotopic (exact) mass is 271 g/mol. The van der Waals surface area contributed by atoms with Gasteiger partial charge in [0.15, 0.2) is 0 Å². The summed E-state index contributed by atoms with van der Waals surface area (Å²) in [5, 5.41) is 3.51. The number of halogens is 1. The summed E-state index contributed by atoms with van der Waals surface area (Å²) in [5.41, 5.74) is 3.55. The second-order valence-electron chi connectivity index (χ2n) is 5.43. The molecular formula is C18H22FN. The average Bonchev–Trinajstić information content (AvgIpc) is 2.46. The molecule has 2 heteroatoms. The van der Waals surface area contributed by atoms with E-state index in [9.17, 15) is 4.39 Å². The van der Waals surface area contributed by atoms with Crippen molar-refractivity contribution in [2.24, 2.45) is 0 Å². The summed E-state index contributed by atoms with van der Waals surface area (Å²) in [7, 11) is 0. The van der Waals surface area contributed by atoms with Gasteiger partial charge in [0.2, 0.25) is 0 Å². The number of benzene rings is 2. The van der Waals surface area contributed by atoms with E-state index in [-0.39, 0.29) is 11.9 Å². The Bertz CT molecular complexity index is 528. The van der Waals surface area contributed by atoms with Crippen LogP contribution in [0.4, 0.5) is 10.1 Å². The Morgan fingerprint density at radius 3 is 1.95 bits per heavy atom. The first-order valence-corrected chi connectivity index (χ1v) is 7.22. The lowest BCUT2D eigenvalue weighted by molar-refractivity contribution is 0.625. The van der Waals surface area contributed by atoms with Crippen LogP contribution in [0.15, 0.2) is 48.5 Å². The fourth-order valence-corrected chi connectivity index (χ4v) is 2.28. The number of anilines is 1. The van der Waals surface area contributed by atoms with Gasteiger partial charge >= 0.3 is 0 Å². The van der Waals surface area contributed by atoms with Crippen LogP contribution >= 0.6 is 0 Å². The summed E-state index contributed by atoms with van der Waals surface area (Å²) in [6.45, 7) is 6.51. The molecule has 2 aromatic carbocycles. The van der Waals surface area contributed by atoms with Crippen molar-refractivity contribution in [3.63, 3.8) is 0 Å². The molecule has 0 saturated heterocycles.